The topological polar surface area (TPSA) is 38.3 Å². The first-order chi connectivity index (χ1) is 11.9. The number of hydrogen-bond acceptors (Lipinski definition) is 2. The summed E-state index contributed by atoms with van der Waals surface area (Å²) in [5.74, 6) is 0.860. The van der Waals surface area contributed by atoms with Gasteiger partial charge in [0, 0.05) is 11.4 Å². The summed E-state index contributed by atoms with van der Waals surface area (Å²) in [5.41, 5.74) is 4.57. The summed E-state index contributed by atoms with van der Waals surface area (Å²) in [6.45, 7) is 8.62. The van der Waals surface area contributed by atoms with Crippen molar-refractivity contribution in [2.24, 2.45) is 0 Å². The van der Waals surface area contributed by atoms with Crippen LogP contribution in [-0.2, 0) is 4.79 Å². The molecule has 0 radical (unpaired) electrons. The lowest BCUT2D eigenvalue weighted by atomic mass is 10.00. The highest BCUT2D eigenvalue weighted by Crippen LogP contribution is 2.22. The van der Waals surface area contributed by atoms with E-state index in [9.17, 15) is 4.79 Å². The third kappa shape index (κ3) is 5.79. The Balaban J connectivity index is 1.77. The van der Waals surface area contributed by atoms with E-state index in [2.05, 4.69) is 37.4 Å². The number of halogens is 1. The van der Waals surface area contributed by atoms with Crippen LogP contribution in [-0.4, -0.2) is 12.5 Å². The van der Waals surface area contributed by atoms with E-state index >= 15 is 0 Å². The van der Waals surface area contributed by atoms with E-state index in [0.717, 1.165) is 11.3 Å². The van der Waals surface area contributed by atoms with E-state index in [4.69, 9.17) is 16.3 Å². The molecule has 0 saturated heterocycles. The van der Waals surface area contributed by atoms with Crippen molar-refractivity contribution in [3.63, 3.8) is 0 Å². The molecule has 0 bridgehead atoms. The zero-order valence-corrected chi connectivity index (χ0v) is 16.1. The van der Waals surface area contributed by atoms with Crippen LogP contribution in [0.1, 0.15) is 48.1 Å². The third-order valence-electron chi connectivity index (χ3n) is 4.22. The second-order valence-electron chi connectivity index (χ2n) is 6.51. The number of nitrogens with one attached hydrogen (secondary N) is 1. The van der Waals surface area contributed by atoms with E-state index in [1.165, 1.54) is 16.7 Å². The van der Waals surface area contributed by atoms with Gasteiger partial charge in [-0.2, -0.15) is 0 Å². The molecule has 1 N–H and O–H groups in total. The molecule has 0 spiro atoms. The average Bonchev–Trinajstić information content (AvgIpc) is 2.55. The van der Waals surface area contributed by atoms with Gasteiger partial charge < -0.3 is 10.1 Å². The molecule has 2 aromatic carbocycles. The number of amides is 1. The highest BCUT2D eigenvalue weighted by molar-refractivity contribution is 6.30. The van der Waals surface area contributed by atoms with Crippen molar-refractivity contribution in [3.8, 4) is 5.75 Å². The van der Waals surface area contributed by atoms with Gasteiger partial charge in [0.15, 0.2) is 0 Å². The number of carbonyl (C=O) groups is 1. The first-order valence-electron chi connectivity index (χ1n) is 8.62. The number of aryl methyl sites for hydroxylation is 3. The molecule has 0 saturated carbocycles. The van der Waals surface area contributed by atoms with E-state index in [0.29, 0.717) is 24.5 Å². The van der Waals surface area contributed by atoms with Gasteiger partial charge in [-0.25, -0.2) is 0 Å². The van der Waals surface area contributed by atoms with Gasteiger partial charge in [0.05, 0.1) is 12.6 Å². The SMILES string of the molecule is Cc1ccc(C)c(C(C)NC(=O)CCCOc2ccc(Cl)cc2C)c1. The van der Waals surface area contributed by atoms with Gasteiger partial charge in [0.1, 0.15) is 5.75 Å². The fraction of sp³-hybridized carbons (Fsp3) is 0.381. The Hall–Kier alpha value is -2.00. The Labute approximate surface area is 155 Å². The smallest absolute Gasteiger partial charge is 0.220 e. The molecule has 0 aliphatic carbocycles. The highest BCUT2D eigenvalue weighted by Gasteiger charge is 2.12. The Morgan fingerprint density at radius 1 is 1.12 bits per heavy atom. The van der Waals surface area contributed by atoms with Gasteiger partial charge in [-0.15, -0.1) is 0 Å². The summed E-state index contributed by atoms with van der Waals surface area (Å²) in [5, 5.41) is 3.77. The first-order valence-corrected chi connectivity index (χ1v) is 9.00. The third-order valence-corrected chi connectivity index (χ3v) is 4.46. The predicted octanol–water partition coefficient (Wildman–Crippen LogP) is 5.30. The minimum absolute atomic E-state index is 0.00632. The number of hydrogen-bond donors (Lipinski definition) is 1. The summed E-state index contributed by atoms with van der Waals surface area (Å²) in [7, 11) is 0. The second kappa shape index (κ2) is 8.91. The van der Waals surface area contributed by atoms with Crippen molar-refractivity contribution in [2.75, 3.05) is 6.61 Å². The van der Waals surface area contributed by atoms with Crippen molar-refractivity contribution in [3.05, 3.63) is 63.7 Å². The van der Waals surface area contributed by atoms with Crippen LogP contribution in [0.4, 0.5) is 0 Å². The van der Waals surface area contributed by atoms with Crippen LogP contribution < -0.4 is 10.1 Å². The Kier molecular flexibility index (Phi) is 6.89. The predicted molar refractivity (Wildman–Crippen MR) is 103 cm³/mol. The van der Waals surface area contributed by atoms with Gasteiger partial charge >= 0.3 is 0 Å². The molecule has 1 atom stereocenters. The quantitative estimate of drug-likeness (QED) is 0.681. The molecular formula is C21H26ClNO2. The zero-order chi connectivity index (χ0) is 18.4. The molecule has 4 heteroatoms. The van der Waals surface area contributed by atoms with Crippen molar-refractivity contribution in [1.82, 2.24) is 5.32 Å². The molecule has 0 aliphatic heterocycles. The molecule has 0 aromatic heterocycles. The van der Waals surface area contributed by atoms with E-state index in [-0.39, 0.29) is 11.9 Å². The van der Waals surface area contributed by atoms with Crippen LogP contribution in [0.2, 0.25) is 5.02 Å². The normalized spacial score (nSPS) is 11.9. The van der Waals surface area contributed by atoms with E-state index < -0.39 is 0 Å². The standard InChI is InChI=1S/C21H26ClNO2/c1-14-7-8-15(2)19(12-14)17(4)23-21(24)6-5-11-25-20-10-9-18(22)13-16(20)3/h7-10,12-13,17H,5-6,11H2,1-4H3,(H,23,24). The largest absolute Gasteiger partial charge is 0.493 e. The van der Waals surface area contributed by atoms with E-state index in [1.54, 1.807) is 0 Å². The zero-order valence-electron chi connectivity index (χ0n) is 15.4. The number of ether oxygens (including phenoxy) is 1. The van der Waals surface area contributed by atoms with Crippen molar-refractivity contribution in [1.29, 1.82) is 0 Å². The maximum atomic E-state index is 12.2. The fourth-order valence-electron chi connectivity index (χ4n) is 2.81. The minimum Gasteiger partial charge on any atom is -0.493 e. The van der Waals surface area contributed by atoms with Crippen LogP contribution in [0.25, 0.3) is 0 Å². The second-order valence-corrected chi connectivity index (χ2v) is 6.95. The van der Waals surface area contributed by atoms with Crippen molar-refractivity contribution < 1.29 is 9.53 Å². The van der Waals surface area contributed by atoms with Crippen LogP contribution in [0.15, 0.2) is 36.4 Å². The van der Waals surface area contributed by atoms with Gasteiger partial charge in [0.2, 0.25) is 5.91 Å². The molecule has 134 valence electrons. The molecule has 3 nitrogen and oxygen atoms in total. The average molecular weight is 360 g/mol. The van der Waals surface area contributed by atoms with Crippen molar-refractivity contribution >= 4 is 17.5 Å². The minimum atomic E-state index is 0.00632. The summed E-state index contributed by atoms with van der Waals surface area (Å²) in [4.78, 5) is 12.2. The molecule has 25 heavy (non-hydrogen) atoms. The molecule has 0 fully saturated rings. The number of rotatable bonds is 7. The molecule has 0 heterocycles. The summed E-state index contributed by atoms with van der Waals surface area (Å²) >= 11 is 5.93. The van der Waals surface area contributed by atoms with Crippen LogP contribution in [0.5, 0.6) is 5.75 Å². The lowest BCUT2D eigenvalue weighted by Gasteiger charge is -2.17. The Morgan fingerprint density at radius 3 is 2.60 bits per heavy atom. The Morgan fingerprint density at radius 2 is 1.88 bits per heavy atom. The molecule has 1 amide bonds. The van der Waals surface area contributed by atoms with Gasteiger partial charge in [-0.3, -0.25) is 4.79 Å². The van der Waals surface area contributed by atoms with Gasteiger partial charge in [-0.1, -0.05) is 35.4 Å². The molecular weight excluding hydrogens is 334 g/mol. The lowest BCUT2D eigenvalue weighted by molar-refractivity contribution is -0.121. The monoisotopic (exact) mass is 359 g/mol. The van der Waals surface area contributed by atoms with Crippen molar-refractivity contribution in [2.45, 2.75) is 46.6 Å². The summed E-state index contributed by atoms with van der Waals surface area (Å²) in [6.07, 6.45) is 1.12. The molecule has 2 rings (SSSR count). The first kappa shape index (κ1) is 19.3. The van der Waals surface area contributed by atoms with Crippen LogP contribution in [0, 0.1) is 20.8 Å². The molecule has 0 aliphatic rings. The van der Waals surface area contributed by atoms with E-state index in [1.807, 2.05) is 32.0 Å². The maximum absolute atomic E-state index is 12.2. The summed E-state index contributed by atoms with van der Waals surface area (Å²) in [6, 6.07) is 11.9. The number of benzene rings is 2. The Bertz CT molecular complexity index is 743. The van der Waals surface area contributed by atoms with Crippen LogP contribution in [0.3, 0.4) is 0 Å². The lowest BCUT2D eigenvalue weighted by Crippen LogP contribution is -2.27. The maximum Gasteiger partial charge on any atom is 0.220 e. The molecule has 2 aromatic rings. The van der Waals surface area contributed by atoms with Crippen LogP contribution >= 0.6 is 11.6 Å². The highest BCUT2D eigenvalue weighted by atomic mass is 35.5. The van der Waals surface area contributed by atoms with Gasteiger partial charge in [-0.05, 0) is 69.0 Å². The number of carbonyl (C=O) groups excluding carboxylic acids is 1. The summed E-state index contributed by atoms with van der Waals surface area (Å²) < 4.78 is 5.73. The molecule has 1 unspecified atom stereocenters. The van der Waals surface area contributed by atoms with Gasteiger partial charge in [0.25, 0.3) is 0 Å². The fourth-order valence-corrected chi connectivity index (χ4v) is 3.03.